The van der Waals surface area contributed by atoms with Crippen LogP contribution in [0.25, 0.3) is 11.1 Å². The summed E-state index contributed by atoms with van der Waals surface area (Å²) >= 11 is 6.56. The van der Waals surface area contributed by atoms with E-state index in [9.17, 15) is 18.0 Å². The molecule has 1 unspecified atom stereocenters. The smallest absolute Gasteiger partial charge is 0.488 e. The molecule has 0 aliphatic rings. The van der Waals surface area contributed by atoms with Crippen molar-refractivity contribution in [1.82, 2.24) is 5.32 Å². The monoisotopic (exact) mass is 612 g/mol. The quantitative estimate of drug-likeness (QED) is 0.164. The number of carbonyl (C=O) groups is 2. The first-order valence-corrected chi connectivity index (χ1v) is 13.2. The molecule has 228 valence electrons. The fraction of sp³-hybridized carbons (Fsp3) is 0.333. The van der Waals surface area contributed by atoms with Crippen LogP contribution in [0.4, 0.5) is 17.6 Å². The molecular weight excluding hydrogens is 580 g/mol. The van der Waals surface area contributed by atoms with Gasteiger partial charge in [-0.25, -0.2) is 9.18 Å². The van der Waals surface area contributed by atoms with E-state index in [0.29, 0.717) is 29.7 Å². The molecule has 12 heteroatoms. The highest BCUT2D eigenvalue weighted by Gasteiger charge is 2.38. The molecule has 1 atom stereocenters. The van der Waals surface area contributed by atoms with Gasteiger partial charge in [0, 0.05) is 35.7 Å². The maximum Gasteiger partial charge on any atom is 0.490 e. The number of carbonyl (C=O) groups excluding carboxylic acids is 1. The average molecular weight is 613 g/mol. The van der Waals surface area contributed by atoms with E-state index in [-0.39, 0.29) is 29.4 Å². The van der Waals surface area contributed by atoms with E-state index in [0.717, 1.165) is 17.7 Å². The van der Waals surface area contributed by atoms with Crippen LogP contribution in [-0.2, 0) is 9.53 Å². The summed E-state index contributed by atoms with van der Waals surface area (Å²) in [4.78, 5) is 21.1. The summed E-state index contributed by atoms with van der Waals surface area (Å²) in [5.74, 6) is -3.70. The zero-order chi connectivity index (χ0) is 31.4. The number of nitrogens with one attached hydrogen (secondary N) is 1. The van der Waals surface area contributed by atoms with Gasteiger partial charge in [-0.15, -0.1) is 0 Å². The van der Waals surface area contributed by atoms with Gasteiger partial charge in [0.15, 0.2) is 11.6 Å². The minimum Gasteiger partial charge on any atom is -0.488 e. The minimum atomic E-state index is -5.08. The molecule has 7 nitrogen and oxygen atoms in total. The van der Waals surface area contributed by atoms with Crippen LogP contribution in [-0.4, -0.2) is 56.6 Å². The topological polar surface area (TPSA) is 111 Å². The highest BCUT2D eigenvalue weighted by molar-refractivity contribution is 6.33. The number of ether oxygens (including phenoxy) is 2. The fourth-order valence-corrected chi connectivity index (χ4v) is 4.17. The van der Waals surface area contributed by atoms with Crippen molar-refractivity contribution in [3.05, 3.63) is 88.2 Å². The second kappa shape index (κ2) is 16.1. The van der Waals surface area contributed by atoms with Crippen molar-refractivity contribution in [1.29, 1.82) is 0 Å². The molecule has 1 amide bonds. The van der Waals surface area contributed by atoms with Crippen molar-refractivity contribution in [2.45, 2.75) is 25.9 Å². The van der Waals surface area contributed by atoms with E-state index < -0.39 is 23.9 Å². The molecule has 3 rings (SSSR count). The van der Waals surface area contributed by atoms with Crippen LogP contribution in [0.5, 0.6) is 5.75 Å². The lowest BCUT2D eigenvalue weighted by Gasteiger charge is -2.22. The maximum absolute atomic E-state index is 15.7. The number of carboxylic acids is 1. The second-order valence-electron chi connectivity index (χ2n) is 9.56. The lowest BCUT2D eigenvalue weighted by atomic mass is 9.88. The minimum absolute atomic E-state index is 0.00160. The molecule has 0 fully saturated rings. The van der Waals surface area contributed by atoms with Crippen molar-refractivity contribution in [2.75, 3.05) is 33.4 Å². The number of rotatable bonds is 12. The normalized spacial score (nSPS) is 11.9. The predicted octanol–water partition coefficient (Wildman–Crippen LogP) is 6.28. The molecule has 0 heterocycles. The predicted molar refractivity (Wildman–Crippen MR) is 152 cm³/mol. The molecule has 0 bridgehead atoms. The van der Waals surface area contributed by atoms with Gasteiger partial charge in [-0.3, -0.25) is 4.79 Å². The van der Waals surface area contributed by atoms with Gasteiger partial charge >= 0.3 is 12.1 Å². The largest absolute Gasteiger partial charge is 0.490 e. The molecule has 0 spiro atoms. The summed E-state index contributed by atoms with van der Waals surface area (Å²) in [5.41, 5.74) is 8.11. The van der Waals surface area contributed by atoms with Crippen LogP contribution in [0, 0.1) is 11.7 Å². The third kappa shape index (κ3) is 10.0. The Morgan fingerprint density at radius 1 is 1.00 bits per heavy atom. The third-order valence-corrected chi connectivity index (χ3v) is 6.25. The molecule has 3 aromatic carbocycles. The Morgan fingerprint density at radius 2 is 1.64 bits per heavy atom. The zero-order valence-electron chi connectivity index (χ0n) is 23.3. The Labute approximate surface area is 246 Å². The number of hydrogen-bond acceptors (Lipinski definition) is 5. The van der Waals surface area contributed by atoms with Crippen molar-refractivity contribution >= 4 is 23.5 Å². The SMILES string of the molecule is COCCOc1ccc(C(N)=O)c(-c2cc(C(CNCC(C)C)c3ccccc3)ccc2Cl)c1F.O=C(O)C(F)(F)F. The molecular formula is C30H33ClF4N2O5. The van der Waals surface area contributed by atoms with E-state index >= 15 is 4.39 Å². The lowest BCUT2D eigenvalue weighted by Crippen LogP contribution is -2.26. The number of halogens is 5. The van der Waals surface area contributed by atoms with Gasteiger partial charge in [0.1, 0.15) is 6.61 Å². The first-order valence-electron chi connectivity index (χ1n) is 12.9. The van der Waals surface area contributed by atoms with Gasteiger partial charge in [0.25, 0.3) is 0 Å². The Morgan fingerprint density at radius 3 is 2.19 bits per heavy atom. The summed E-state index contributed by atoms with van der Waals surface area (Å²) in [6.07, 6.45) is -5.08. The lowest BCUT2D eigenvalue weighted by molar-refractivity contribution is -0.192. The van der Waals surface area contributed by atoms with E-state index in [1.165, 1.54) is 19.2 Å². The zero-order valence-corrected chi connectivity index (χ0v) is 24.1. The highest BCUT2D eigenvalue weighted by Crippen LogP contribution is 2.39. The second-order valence-corrected chi connectivity index (χ2v) is 9.97. The number of hydrogen-bond donors (Lipinski definition) is 3. The number of aliphatic carboxylic acids is 1. The molecule has 0 aliphatic heterocycles. The molecule has 4 N–H and O–H groups in total. The average Bonchev–Trinajstić information content (AvgIpc) is 2.92. The third-order valence-electron chi connectivity index (χ3n) is 5.92. The number of nitrogens with two attached hydrogens (primary N) is 1. The van der Waals surface area contributed by atoms with Crippen molar-refractivity contribution in [2.24, 2.45) is 11.7 Å². The van der Waals surface area contributed by atoms with Gasteiger partial charge in [-0.1, -0.05) is 61.8 Å². The van der Waals surface area contributed by atoms with Gasteiger partial charge in [-0.2, -0.15) is 13.2 Å². The molecule has 0 saturated carbocycles. The molecule has 3 aromatic rings. The maximum atomic E-state index is 15.7. The van der Waals surface area contributed by atoms with Gasteiger partial charge < -0.3 is 25.6 Å². The Balaban J connectivity index is 0.000000782. The number of amides is 1. The summed E-state index contributed by atoms with van der Waals surface area (Å²) in [7, 11) is 1.53. The molecule has 0 radical (unpaired) electrons. The van der Waals surface area contributed by atoms with E-state index in [2.05, 4.69) is 31.3 Å². The summed E-state index contributed by atoms with van der Waals surface area (Å²) in [6, 6.07) is 18.4. The van der Waals surface area contributed by atoms with Gasteiger partial charge in [0.2, 0.25) is 5.91 Å². The number of methoxy groups -OCH3 is 1. The van der Waals surface area contributed by atoms with Gasteiger partial charge in [-0.05, 0) is 47.9 Å². The van der Waals surface area contributed by atoms with Crippen molar-refractivity contribution in [3.63, 3.8) is 0 Å². The van der Waals surface area contributed by atoms with Gasteiger partial charge in [0.05, 0.1) is 12.2 Å². The molecule has 0 aliphatic carbocycles. The van der Waals surface area contributed by atoms with Crippen molar-refractivity contribution < 1.29 is 41.7 Å². The van der Waals surface area contributed by atoms with Crippen LogP contribution < -0.4 is 15.8 Å². The summed E-state index contributed by atoms with van der Waals surface area (Å²) in [5, 5.41) is 11.0. The van der Waals surface area contributed by atoms with Crippen LogP contribution in [0.15, 0.2) is 60.7 Å². The van der Waals surface area contributed by atoms with Crippen LogP contribution in [0.1, 0.15) is 41.3 Å². The Hall–Kier alpha value is -3.67. The number of carboxylic acid groups (broad SMARTS) is 1. The van der Waals surface area contributed by atoms with E-state index in [1.807, 2.05) is 30.3 Å². The van der Waals surface area contributed by atoms with E-state index in [4.69, 9.17) is 36.7 Å². The van der Waals surface area contributed by atoms with Crippen LogP contribution in [0.3, 0.4) is 0 Å². The first kappa shape index (κ1) is 34.5. The summed E-state index contributed by atoms with van der Waals surface area (Å²) < 4.78 is 57.9. The van der Waals surface area contributed by atoms with Crippen molar-refractivity contribution in [3.8, 4) is 16.9 Å². The molecule has 42 heavy (non-hydrogen) atoms. The Kier molecular flexibility index (Phi) is 13.2. The highest BCUT2D eigenvalue weighted by atomic mass is 35.5. The van der Waals surface area contributed by atoms with Crippen LogP contribution in [0.2, 0.25) is 5.02 Å². The number of alkyl halides is 3. The number of benzene rings is 3. The Bertz CT molecular complexity index is 1340. The standard InChI is InChI=1S/C28H32ClFN2O3.C2HF3O2/c1-18(2)16-32-17-23(19-7-5-4-6-8-19)20-9-11-24(29)22(15-20)26-21(28(31)33)10-12-25(27(26)30)35-14-13-34-3;3-2(4,5)1(6)7/h4-12,15,18,23,32H,13-14,16-17H2,1-3H3,(H2,31,33);(H,6,7). The van der Waals surface area contributed by atoms with Crippen LogP contribution >= 0.6 is 11.6 Å². The van der Waals surface area contributed by atoms with E-state index in [1.54, 1.807) is 6.07 Å². The summed E-state index contributed by atoms with van der Waals surface area (Å²) in [6.45, 7) is 6.32. The molecule has 0 aromatic heterocycles. The molecule has 0 saturated heterocycles. The fourth-order valence-electron chi connectivity index (χ4n) is 3.95. The first-order chi connectivity index (χ1) is 19.8. The number of primary amides is 1.